The lowest BCUT2D eigenvalue weighted by Gasteiger charge is -2.37. The van der Waals surface area contributed by atoms with E-state index in [9.17, 15) is 31.2 Å². The number of rotatable bonds is 10. The van der Waals surface area contributed by atoms with Crippen LogP contribution in [0.2, 0.25) is 0 Å². The summed E-state index contributed by atoms with van der Waals surface area (Å²) in [5.74, 6) is -2.72. The number of sulfonamides is 1. The molecule has 1 aromatic heterocycles. The Kier molecular flexibility index (Phi) is 7.17. The molecule has 0 bridgehead atoms. The van der Waals surface area contributed by atoms with E-state index >= 15 is 4.39 Å². The van der Waals surface area contributed by atoms with Gasteiger partial charge in [0.25, 0.3) is 11.8 Å². The minimum atomic E-state index is -4.32. The third-order valence-electron chi connectivity index (χ3n) is 7.12. The fraction of sp³-hybridized carbons (Fsp3) is 0.500. The highest BCUT2D eigenvalue weighted by Gasteiger charge is 2.44. The fourth-order valence-corrected chi connectivity index (χ4v) is 6.02. The molecule has 0 saturated heterocycles. The SMILES string of the molecule is CC1(c2ccc(OCCCC(F)(F)F)cc2F)CC(c2ccn(C3CC3)n2)=C(C(=O)NS(=O)(=O)C2CC2)C(=O)N1. The predicted octanol–water partition coefficient (Wildman–Crippen LogP) is 3.88. The van der Waals surface area contributed by atoms with Crippen LogP contribution < -0.4 is 14.8 Å². The first-order valence-corrected chi connectivity index (χ1v) is 14.5. The molecule has 2 heterocycles. The molecule has 5 rings (SSSR count). The molecule has 9 nitrogen and oxygen atoms in total. The van der Waals surface area contributed by atoms with Gasteiger partial charge in [-0.25, -0.2) is 17.5 Å². The van der Waals surface area contributed by atoms with Crippen LogP contribution in [0.3, 0.4) is 0 Å². The second-order valence-corrected chi connectivity index (χ2v) is 12.6. The van der Waals surface area contributed by atoms with E-state index in [4.69, 9.17) is 4.74 Å². The van der Waals surface area contributed by atoms with Crippen molar-refractivity contribution in [2.45, 2.75) is 74.9 Å². The molecule has 216 valence electrons. The van der Waals surface area contributed by atoms with Crippen LogP contribution in [0.25, 0.3) is 5.57 Å². The summed E-state index contributed by atoms with van der Waals surface area (Å²) < 4.78 is 86.3. The minimum Gasteiger partial charge on any atom is -0.493 e. The smallest absolute Gasteiger partial charge is 0.389 e. The number of nitrogens with zero attached hydrogens (tertiary/aromatic N) is 2. The van der Waals surface area contributed by atoms with E-state index in [1.807, 2.05) is 4.72 Å². The van der Waals surface area contributed by atoms with E-state index in [0.29, 0.717) is 18.5 Å². The lowest BCUT2D eigenvalue weighted by molar-refractivity contribution is -0.136. The lowest BCUT2D eigenvalue weighted by atomic mass is 9.79. The number of nitrogens with one attached hydrogen (secondary N) is 2. The molecule has 2 aliphatic carbocycles. The minimum absolute atomic E-state index is 0.0263. The number of benzene rings is 1. The van der Waals surface area contributed by atoms with Crippen molar-refractivity contribution < 1.29 is 40.3 Å². The molecule has 0 radical (unpaired) electrons. The number of ether oxygens (including phenoxy) is 1. The topological polar surface area (TPSA) is 119 Å². The predicted molar refractivity (Wildman–Crippen MR) is 135 cm³/mol. The van der Waals surface area contributed by atoms with Gasteiger partial charge in [-0.2, -0.15) is 18.3 Å². The molecule has 1 unspecified atom stereocenters. The highest BCUT2D eigenvalue weighted by molar-refractivity contribution is 7.91. The summed E-state index contributed by atoms with van der Waals surface area (Å²) in [5, 5.41) is 6.48. The first kappa shape index (κ1) is 28.1. The number of aromatic nitrogens is 2. The lowest BCUT2D eigenvalue weighted by Crippen LogP contribution is -2.51. The Morgan fingerprint density at radius 2 is 1.95 bits per heavy atom. The van der Waals surface area contributed by atoms with E-state index in [-0.39, 0.29) is 42.4 Å². The van der Waals surface area contributed by atoms with Gasteiger partial charge in [0.15, 0.2) is 0 Å². The average molecular weight is 585 g/mol. The summed E-state index contributed by atoms with van der Waals surface area (Å²) in [6.07, 6.45) is -1.30. The summed E-state index contributed by atoms with van der Waals surface area (Å²) in [6.45, 7) is 1.30. The van der Waals surface area contributed by atoms with Crippen molar-refractivity contribution in [2.75, 3.05) is 6.61 Å². The monoisotopic (exact) mass is 584 g/mol. The van der Waals surface area contributed by atoms with Gasteiger partial charge < -0.3 is 10.1 Å². The molecular formula is C26H28F4N4O5S. The number of amides is 2. The van der Waals surface area contributed by atoms with E-state index in [1.54, 1.807) is 23.9 Å². The standard InChI is InChI=1S/C26H28F4N4O5S/c1-25(19-8-5-16(13-20(19)27)39-12-2-10-26(28,29)30)14-18(21-9-11-34(32-21)15-3-4-15)22(23(35)31-25)24(36)33-40(37,38)17-6-7-17/h5,8-9,11,13,15,17H,2-4,6-7,10,12,14H2,1H3,(H,31,35)(H,33,36). The third-order valence-corrected chi connectivity index (χ3v) is 8.94. The summed E-state index contributed by atoms with van der Waals surface area (Å²) in [7, 11) is -3.95. The average Bonchev–Trinajstić information content (AvgIpc) is 3.78. The molecule has 1 aliphatic heterocycles. The van der Waals surface area contributed by atoms with Crippen molar-refractivity contribution in [1.82, 2.24) is 19.8 Å². The van der Waals surface area contributed by atoms with Crippen LogP contribution in [0.4, 0.5) is 17.6 Å². The van der Waals surface area contributed by atoms with Crippen molar-refractivity contribution in [1.29, 1.82) is 0 Å². The molecule has 1 atom stereocenters. The van der Waals surface area contributed by atoms with Gasteiger partial charge in [-0.1, -0.05) is 6.07 Å². The van der Waals surface area contributed by atoms with Gasteiger partial charge in [-0.3, -0.25) is 14.3 Å². The molecule has 0 spiro atoms. The normalized spacial score (nSPS) is 21.8. The van der Waals surface area contributed by atoms with Crippen molar-refractivity contribution in [3.8, 4) is 5.75 Å². The molecule has 3 aliphatic rings. The highest BCUT2D eigenvalue weighted by Crippen LogP contribution is 2.41. The number of hydrogen-bond donors (Lipinski definition) is 2. The van der Waals surface area contributed by atoms with Gasteiger partial charge in [-0.05, 0) is 51.2 Å². The van der Waals surface area contributed by atoms with Crippen LogP contribution in [-0.2, 0) is 25.2 Å². The van der Waals surface area contributed by atoms with E-state index in [1.165, 1.54) is 12.1 Å². The van der Waals surface area contributed by atoms with Crippen LogP contribution in [0.1, 0.15) is 69.2 Å². The zero-order valence-electron chi connectivity index (χ0n) is 21.6. The Hall–Kier alpha value is -3.42. The Morgan fingerprint density at radius 3 is 2.58 bits per heavy atom. The molecule has 14 heteroatoms. The van der Waals surface area contributed by atoms with Gasteiger partial charge in [0, 0.05) is 36.2 Å². The largest absolute Gasteiger partial charge is 0.493 e. The second kappa shape index (κ2) is 10.2. The van der Waals surface area contributed by atoms with Crippen LogP contribution in [0.15, 0.2) is 36.0 Å². The zero-order chi connectivity index (χ0) is 28.9. The Morgan fingerprint density at radius 1 is 1.23 bits per heavy atom. The summed E-state index contributed by atoms with van der Waals surface area (Å²) in [5.41, 5.74) is -1.26. The Bertz CT molecular complexity index is 1480. The van der Waals surface area contributed by atoms with Gasteiger partial charge in [-0.15, -0.1) is 0 Å². The summed E-state index contributed by atoms with van der Waals surface area (Å²) in [6, 6.07) is 5.60. The number of carbonyl (C=O) groups is 2. The van der Waals surface area contributed by atoms with Crippen molar-refractivity contribution in [3.63, 3.8) is 0 Å². The molecule has 2 fully saturated rings. The first-order valence-electron chi connectivity index (χ1n) is 12.9. The van der Waals surface area contributed by atoms with Gasteiger partial charge in [0.2, 0.25) is 10.0 Å². The molecular weight excluding hydrogens is 556 g/mol. The summed E-state index contributed by atoms with van der Waals surface area (Å²) in [4.78, 5) is 26.5. The van der Waals surface area contributed by atoms with Crippen LogP contribution >= 0.6 is 0 Å². The quantitative estimate of drug-likeness (QED) is 0.249. The van der Waals surface area contributed by atoms with Gasteiger partial charge in [0.1, 0.15) is 17.1 Å². The first-order chi connectivity index (χ1) is 18.8. The number of hydrogen-bond acceptors (Lipinski definition) is 6. The number of carbonyl (C=O) groups excluding carboxylic acids is 2. The molecule has 2 aromatic rings. The number of alkyl halides is 3. The maximum atomic E-state index is 15.3. The molecule has 1 aromatic carbocycles. The maximum absolute atomic E-state index is 15.3. The van der Waals surface area contributed by atoms with E-state index in [0.717, 1.165) is 18.9 Å². The molecule has 2 amide bonds. The van der Waals surface area contributed by atoms with Crippen molar-refractivity contribution in [3.05, 3.63) is 53.1 Å². The van der Waals surface area contributed by atoms with Crippen LogP contribution in [0, 0.1) is 5.82 Å². The van der Waals surface area contributed by atoms with Gasteiger partial charge >= 0.3 is 6.18 Å². The Balaban J connectivity index is 1.43. The van der Waals surface area contributed by atoms with E-state index in [2.05, 4.69) is 10.4 Å². The zero-order valence-corrected chi connectivity index (χ0v) is 22.4. The van der Waals surface area contributed by atoms with Crippen LogP contribution in [0.5, 0.6) is 5.75 Å². The van der Waals surface area contributed by atoms with Gasteiger partial charge in [0.05, 0.1) is 29.1 Å². The molecule has 40 heavy (non-hydrogen) atoms. The second-order valence-electron chi connectivity index (χ2n) is 10.6. The van der Waals surface area contributed by atoms with Crippen molar-refractivity contribution >= 4 is 27.4 Å². The summed E-state index contributed by atoms with van der Waals surface area (Å²) >= 11 is 0. The van der Waals surface area contributed by atoms with Crippen molar-refractivity contribution in [2.24, 2.45) is 0 Å². The van der Waals surface area contributed by atoms with Crippen LogP contribution in [-0.4, -0.2) is 48.0 Å². The molecule has 2 saturated carbocycles. The fourth-order valence-electron chi connectivity index (χ4n) is 4.74. The number of halogens is 4. The highest BCUT2D eigenvalue weighted by atomic mass is 32.2. The third kappa shape index (κ3) is 6.16. The molecule has 2 N–H and O–H groups in total. The van der Waals surface area contributed by atoms with E-state index < -0.39 is 56.6 Å². The maximum Gasteiger partial charge on any atom is 0.389 e. The Labute approximate surface area is 228 Å².